The van der Waals surface area contributed by atoms with E-state index in [-0.39, 0.29) is 5.60 Å². The highest BCUT2D eigenvalue weighted by Crippen LogP contribution is 2.45. The van der Waals surface area contributed by atoms with Gasteiger partial charge in [0.05, 0.1) is 6.61 Å². The van der Waals surface area contributed by atoms with Crippen molar-refractivity contribution in [3.8, 4) is 0 Å². The molecule has 0 bridgehead atoms. The van der Waals surface area contributed by atoms with Gasteiger partial charge < -0.3 is 4.74 Å². The van der Waals surface area contributed by atoms with Crippen molar-refractivity contribution in [3.63, 3.8) is 0 Å². The average Bonchev–Trinajstić information content (AvgIpc) is 2.77. The lowest BCUT2D eigenvalue weighted by molar-refractivity contribution is -0.0722. The molecular formula is C16H26OS. The summed E-state index contributed by atoms with van der Waals surface area (Å²) in [6.45, 7) is 7.72. The number of thiophene rings is 1. The highest BCUT2D eigenvalue weighted by molar-refractivity contribution is 7.10. The maximum Gasteiger partial charge on any atom is 0.103 e. The first-order valence-corrected chi connectivity index (χ1v) is 8.33. The minimum Gasteiger partial charge on any atom is -0.369 e. The molecule has 102 valence electrons. The van der Waals surface area contributed by atoms with Crippen LogP contribution in [0.15, 0.2) is 5.38 Å². The Labute approximate surface area is 116 Å². The fourth-order valence-electron chi connectivity index (χ4n) is 3.00. The second-order valence-corrected chi connectivity index (χ2v) is 6.41. The molecule has 0 amide bonds. The molecule has 1 nitrogen and oxygen atoms in total. The van der Waals surface area contributed by atoms with Gasteiger partial charge in [0.2, 0.25) is 0 Å². The first-order chi connectivity index (χ1) is 8.73. The summed E-state index contributed by atoms with van der Waals surface area (Å²) in [6, 6.07) is 0. The molecule has 1 aromatic rings. The van der Waals surface area contributed by atoms with Crippen molar-refractivity contribution in [3.05, 3.63) is 21.4 Å². The molecule has 0 aliphatic carbocycles. The normalized spacial score (nSPS) is 17.7. The molecule has 2 heteroatoms. The zero-order valence-corrected chi connectivity index (χ0v) is 12.9. The van der Waals surface area contributed by atoms with Gasteiger partial charge in [0.1, 0.15) is 5.60 Å². The maximum atomic E-state index is 6.32. The van der Waals surface area contributed by atoms with Crippen molar-refractivity contribution in [2.24, 2.45) is 0 Å². The van der Waals surface area contributed by atoms with Gasteiger partial charge >= 0.3 is 0 Å². The summed E-state index contributed by atoms with van der Waals surface area (Å²) in [6.07, 6.45) is 8.60. The van der Waals surface area contributed by atoms with Gasteiger partial charge in [-0.2, -0.15) is 0 Å². The Kier molecular flexibility index (Phi) is 4.85. The molecule has 18 heavy (non-hydrogen) atoms. The third-order valence-corrected chi connectivity index (χ3v) is 5.44. The molecule has 1 aliphatic rings. The van der Waals surface area contributed by atoms with Gasteiger partial charge in [-0.25, -0.2) is 0 Å². The minimum atomic E-state index is 0.0541. The predicted molar refractivity (Wildman–Crippen MR) is 79.4 cm³/mol. The molecule has 0 atom stereocenters. The zero-order valence-electron chi connectivity index (χ0n) is 12.1. The largest absolute Gasteiger partial charge is 0.369 e. The maximum absolute atomic E-state index is 6.32. The molecule has 1 aromatic heterocycles. The molecule has 0 fully saturated rings. The van der Waals surface area contributed by atoms with Gasteiger partial charge in [0, 0.05) is 4.88 Å². The summed E-state index contributed by atoms with van der Waals surface area (Å²) < 4.78 is 6.32. The van der Waals surface area contributed by atoms with E-state index >= 15 is 0 Å². The van der Waals surface area contributed by atoms with Gasteiger partial charge in [-0.05, 0) is 42.7 Å². The summed E-state index contributed by atoms with van der Waals surface area (Å²) in [5.41, 5.74) is 3.13. The Morgan fingerprint density at radius 1 is 1.22 bits per heavy atom. The van der Waals surface area contributed by atoms with E-state index in [2.05, 4.69) is 26.2 Å². The number of fused-ring (bicyclic) bond motifs is 1. The van der Waals surface area contributed by atoms with E-state index < -0.39 is 0 Å². The number of hydrogen-bond donors (Lipinski definition) is 0. The molecule has 0 N–H and O–H groups in total. The molecule has 2 rings (SSSR count). The van der Waals surface area contributed by atoms with Crippen LogP contribution in [0.25, 0.3) is 0 Å². The van der Waals surface area contributed by atoms with Crippen molar-refractivity contribution in [1.29, 1.82) is 0 Å². The second-order valence-electron chi connectivity index (χ2n) is 5.53. The van der Waals surface area contributed by atoms with E-state index in [9.17, 15) is 0 Å². The SMILES string of the molecule is CCCCC1(CCCC)OCCc2c(C)csc21. The van der Waals surface area contributed by atoms with Crippen molar-refractivity contribution < 1.29 is 4.74 Å². The van der Waals surface area contributed by atoms with Crippen LogP contribution in [0.2, 0.25) is 0 Å². The van der Waals surface area contributed by atoms with Gasteiger partial charge in [0.25, 0.3) is 0 Å². The van der Waals surface area contributed by atoms with E-state index in [1.807, 2.05) is 11.3 Å². The van der Waals surface area contributed by atoms with Crippen LogP contribution in [0.5, 0.6) is 0 Å². The first-order valence-electron chi connectivity index (χ1n) is 7.45. The lowest BCUT2D eigenvalue weighted by Gasteiger charge is -2.38. The van der Waals surface area contributed by atoms with Crippen molar-refractivity contribution >= 4 is 11.3 Å². The fraction of sp³-hybridized carbons (Fsp3) is 0.750. The number of hydrogen-bond acceptors (Lipinski definition) is 2. The highest BCUT2D eigenvalue weighted by Gasteiger charge is 2.38. The fourth-order valence-corrected chi connectivity index (χ4v) is 4.32. The Hall–Kier alpha value is -0.340. The van der Waals surface area contributed by atoms with Gasteiger partial charge in [-0.15, -0.1) is 11.3 Å². The van der Waals surface area contributed by atoms with Crippen molar-refractivity contribution in [1.82, 2.24) is 0 Å². The smallest absolute Gasteiger partial charge is 0.103 e. The molecular weight excluding hydrogens is 240 g/mol. The summed E-state index contributed by atoms with van der Waals surface area (Å²) in [7, 11) is 0. The third kappa shape index (κ3) is 2.65. The number of aryl methyl sites for hydroxylation is 1. The van der Waals surface area contributed by atoms with E-state index in [0.717, 1.165) is 13.0 Å². The lowest BCUT2D eigenvalue weighted by Crippen LogP contribution is -2.34. The molecule has 1 aliphatic heterocycles. The van der Waals surface area contributed by atoms with Crippen molar-refractivity contribution in [2.75, 3.05) is 6.61 Å². The Morgan fingerprint density at radius 2 is 1.89 bits per heavy atom. The molecule has 2 heterocycles. The molecule has 0 saturated heterocycles. The Morgan fingerprint density at radius 3 is 2.50 bits per heavy atom. The van der Waals surface area contributed by atoms with Gasteiger partial charge in [0.15, 0.2) is 0 Å². The third-order valence-electron chi connectivity index (χ3n) is 4.12. The quantitative estimate of drug-likeness (QED) is 0.687. The number of ether oxygens (including phenoxy) is 1. The lowest BCUT2D eigenvalue weighted by atomic mass is 9.84. The van der Waals surface area contributed by atoms with E-state index in [0.29, 0.717) is 0 Å². The van der Waals surface area contributed by atoms with Crippen molar-refractivity contribution in [2.45, 2.75) is 71.3 Å². The molecule has 0 spiro atoms. The van der Waals surface area contributed by atoms with E-state index in [4.69, 9.17) is 4.74 Å². The summed E-state index contributed by atoms with van der Waals surface area (Å²) in [5.74, 6) is 0. The van der Waals surface area contributed by atoms with E-state index in [1.54, 1.807) is 10.4 Å². The second kappa shape index (κ2) is 6.21. The predicted octanol–water partition coefficient (Wildman–Crippen LogP) is 5.20. The van der Waals surface area contributed by atoms with Gasteiger partial charge in [-0.3, -0.25) is 0 Å². The Balaban J connectivity index is 2.28. The number of unbranched alkanes of at least 4 members (excludes halogenated alkanes) is 2. The first kappa shape index (κ1) is 14.1. The monoisotopic (exact) mass is 266 g/mol. The van der Waals surface area contributed by atoms with Crippen LogP contribution < -0.4 is 0 Å². The van der Waals surface area contributed by atoms with Crippen LogP contribution in [0, 0.1) is 6.92 Å². The average molecular weight is 266 g/mol. The molecule has 0 saturated carbocycles. The van der Waals surface area contributed by atoms with E-state index in [1.165, 1.54) is 44.1 Å². The zero-order chi connectivity index (χ0) is 13.0. The number of rotatable bonds is 6. The topological polar surface area (TPSA) is 9.23 Å². The van der Waals surface area contributed by atoms with Crippen LogP contribution >= 0.6 is 11.3 Å². The standard InChI is InChI=1S/C16H26OS/c1-4-6-9-16(10-7-5-2)15-14(8-11-17-16)13(3)12-18-15/h12H,4-11H2,1-3H3. The van der Waals surface area contributed by atoms with Crippen LogP contribution in [-0.4, -0.2) is 6.61 Å². The molecule has 0 aromatic carbocycles. The van der Waals surface area contributed by atoms with Crippen LogP contribution in [0.3, 0.4) is 0 Å². The minimum absolute atomic E-state index is 0.0541. The molecule has 0 radical (unpaired) electrons. The highest BCUT2D eigenvalue weighted by atomic mass is 32.1. The van der Waals surface area contributed by atoms with Crippen LogP contribution in [-0.2, 0) is 16.8 Å². The van der Waals surface area contributed by atoms with Gasteiger partial charge in [-0.1, -0.05) is 39.5 Å². The summed E-state index contributed by atoms with van der Waals surface area (Å²) >= 11 is 1.93. The van der Waals surface area contributed by atoms with Crippen LogP contribution in [0.1, 0.15) is 68.4 Å². The summed E-state index contributed by atoms with van der Waals surface area (Å²) in [5, 5.41) is 2.33. The summed E-state index contributed by atoms with van der Waals surface area (Å²) in [4.78, 5) is 1.55. The Bertz CT molecular complexity index is 372. The van der Waals surface area contributed by atoms with Crippen LogP contribution in [0.4, 0.5) is 0 Å². The molecule has 0 unspecified atom stereocenters.